The molecule has 3 nitrogen and oxygen atoms in total. The Kier molecular flexibility index (Phi) is 5.15. The van der Waals surface area contributed by atoms with Crippen molar-refractivity contribution in [2.45, 2.75) is 26.9 Å². The van der Waals surface area contributed by atoms with Gasteiger partial charge in [-0.25, -0.2) is 4.39 Å². The van der Waals surface area contributed by atoms with E-state index in [4.69, 9.17) is 11.6 Å². The van der Waals surface area contributed by atoms with E-state index in [9.17, 15) is 4.39 Å². The van der Waals surface area contributed by atoms with E-state index in [1.54, 1.807) is 10.7 Å². The van der Waals surface area contributed by atoms with Gasteiger partial charge in [-0.15, -0.1) is 0 Å². The van der Waals surface area contributed by atoms with Gasteiger partial charge in [-0.05, 0) is 30.2 Å². The van der Waals surface area contributed by atoms with Crippen molar-refractivity contribution in [1.29, 1.82) is 0 Å². The first kappa shape index (κ1) is 15.0. The van der Waals surface area contributed by atoms with Crippen LogP contribution in [0.5, 0.6) is 0 Å². The molecule has 0 saturated carbocycles. The second-order valence-electron chi connectivity index (χ2n) is 5.32. The van der Waals surface area contributed by atoms with Crippen LogP contribution in [-0.4, -0.2) is 16.3 Å². The van der Waals surface area contributed by atoms with E-state index < -0.39 is 5.82 Å². The maximum Gasteiger partial charge on any atom is 0.142 e. The summed E-state index contributed by atoms with van der Waals surface area (Å²) >= 11 is 5.66. The molecule has 0 radical (unpaired) electrons. The first-order chi connectivity index (χ1) is 9.54. The van der Waals surface area contributed by atoms with E-state index in [2.05, 4.69) is 24.3 Å². The van der Waals surface area contributed by atoms with Crippen molar-refractivity contribution in [2.75, 3.05) is 6.54 Å². The zero-order valence-corrected chi connectivity index (χ0v) is 12.5. The second kappa shape index (κ2) is 6.86. The van der Waals surface area contributed by atoms with Gasteiger partial charge in [0.05, 0.1) is 17.8 Å². The summed E-state index contributed by atoms with van der Waals surface area (Å²) in [5, 5.41) is 7.79. The van der Waals surface area contributed by atoms with E-state index in [-0.39, 0.29) is 5.02 Å². The van der Waals surface area contributed by atoms with Crippen molar-refractivity contribution in [2.24, 2.45) is 5.92 Å². The Bertz CT molecular complexity index is 566. The monoisotopic (exact) mass is 295 g/mol. The molecule has 5 heteroatoms. The van der Waals surface area contributed by atoms with Gasteiger partial charge in [-0.1, -0.05) is 31.5 Å². The molecule has 1 heterocycles. The van der Waals surface area contributed by atoms with Gasteiger partial charge in [0.2, 0.25) is 0 Å². The zero-order valence-electron chi connectivity index (χ0n) is 11.7. The summed E-state index contributed by atoms with van der Waals surface area (Å²) in [5.74, 6) is 0.234. The van der Waals surface area contributed by atoms with Crippen LogP contribution in [0.3, 0.4) is 0 Å². The van der Waals surface area contributed by atoms with Crippen LogP contribution in [-0.2, 0) is 13.1 Å². The molecule has 1 aromatic heterocycles. The molecule has 1 N–H and O–H groups in total. The molecule has 0 atom stereocenters. The fraction of sp³-hybridized carbons (Fsp3) is 0.400. The maximum absolute atomic E-state index is 13.4. The Morgan fingerprint density at radius 3 is 2.85 bits per heavy atom. The van der Waals surface area contributed by atoms with E-state index >= 15 is 0 Å². The summed E-state index contributed by atoms with van der Waals surface area (Å²) in [6, 6.07) is 4.82. The van der Waals surface area contributed by atoms with Gasteiger partial charge in [-0.2, -0.15) is 5.10 Å². The number of aromatic nitrogens is 2. The third-order valence-corrected chi connectivity index (χ3v) is 3.20. The van der Waals surface area contributed by atoms with Crippen LogP contribution in [0, 0.1) is 11.7 Å². The lowest BCUT2D eigenvalue weighted by molar-refractivity contribution is 0.552. The Morgan fingerprint density at radius 2 is 2.15 bits per heavy atom. The molecule has 20 heavy (non-hydrogen) atoms. The van der Waals surface area contributed by atoms with Crippen molar-refractivity contribution in [1.82, 2.24) is 15.1 Å². The lowest BCUT2D eigenvalue weighted by Crippen LogP contribution is -2.18. The number of benzene rings is 1. The molecule has 0 fully saturated rings. The van der Waals surface area contributed by atoms with Gasteiger partial charge in [0, 0.05) is 18.3 Å². The van der Waals surface area contributed by atoms with E-state index in [0.717, 1.165) is 24.2 Å². The third kappa shape index (κ3) is 4.32. The maximum atomic E-state index is 13.4. The number of rotatable bonds is 6. The molecule has 0 amide bonds. The summed E-state index contributed by atoms with van der Waals surface area (Å²) in [4.78, 5) is 0. The fourth-order valence-electron chi connectivity index (χ4n) is 1.91. The van der Waals surface area contributed by atoms with Crippen LogP contribution in [0.15, 0.2) is 30.6 Å². The number of halogens is 2. The molecule has 0 bridgehead atoms. The summed E-state index contributed by atoms with van der Waals surface area (Å²) in [5.41, 5.74) is 1.97. The number of hydrogen-bond donors (Lipinski definition) is 1. The Balaban J connectivity index is 1.93. The lowest BCUT2D eigenvalue weighted by atomic mass is 10.2. The van der Waals surface area contributed by atoms with Gasteiger partial charge < -0.3 is 5.32 Å². The van der Waals surface area contributed by atoms with E-state index in [0.29, 0.717) is 12.5 Å². The van der Waals surface area contributed by atoms with Crippen LogP contribution < -0.4 is 5.32 Å². The zero-order chi connectivity index (χ0) is 14.5. The molecule has 108 valence electrons. The van der Waals surface area contributed by atoms with Crippen LogP contribution in [0.2, 0.25) is 5.02 Å². The minimum atomic E-state index is -0.393. The van der Waals surface area contributed by atoms with Crippen LogP contribution in [0.4, 0.5) is 4.39 Å². The van der Waals surface area contributed by atoms with Gasteiger partial charge in [0.1, 0.15) is 5.82 Å². The van der Waals surface area contributed by atoms with Crippen LogP contribution in [0.25, 0.3) is 0 Å². The van der Waals surface area contributed by atoms with E-state index in [1.165, 1.54) is 6.07 Å². The topological polar surface area (TPSA) is 29.9 Å². The minimum absolute atomic E-state index is 0.146. The quantitative estimate of drug-likeness (QED) is 0.884. The molecule has 0 aliphatic heterocycles. The molecule has 1 aromatic carbocycles. The highest BCUT2D eigenvalue weighted by Gasteiger charge is 2.04. The van der Waals surface area contributed by atoms with Crippen molar-refractivity contribution in [3.8, 4) is 0 Å². The lowest BCUT2D eigenvalue weighted by Gasteiger charge is -2.05. The molecule has 0 saturated heterocycles. The van der Waals surface area contributed by atoms with Crippen LogP contribution in [0.1, 0.15) is 25.0 Å². The van der Waals surface area contributed by atoms with Crippen molar-refractivity contribution < 1.29 is 4.39 Å². The standard InChI is InChI=1S/C15H19ClFN3/c1-11(2)6-18-7-13-8-19-20(10-13)9-12-3-4-14(16)15(17)5-12/h3-5,8,10-11,18H,6-7,9H2,1-2H3. The molecule has 0 spiro atoms. The summed E-state index contributed by atoms with van der Waals surface area (Å²) in [6.07, 6.45) is 3.81. The molecule has 2 rings (SSSR count). The van der Waals surface area contributed by atoms with Crippen molar-refractivity contribution in [3.05, 3.63) is 52.6 Å². The van der Waals surface area contributed by atoms with Gasteiger partial charge in [0.25, 0.3) is 0 Å². The molecule has 2 aromatic rings. The summed E-state index contributed by atoms with van der Waals surface area (Å²) in [7, 11) is 0. The first-order valence-corrected chi connectivity index (χ1v) is 7.08. The average Bonchev–Trinajstić information content (AvgIpc) is 2.81. The Morgan fingerprint density at radius 1 is 1.35 bits per heavy atom. The fourth-order valence-corrected chi connectivity index (χ4v) is 2.03. The highest BCUT2D eigenvalue weighted by Crippen LogP contribution is 2.16. The predicted octanol–water partition coefficient (Wildman–Crippen LogP) is 3.47. The van der Waals surface area contributed by atoms with Crippen molar-refractivity contribution in [3.63, 3.8) is 0 Å². The largest absolute Gasteiger partial charge is 0.312 e. The minimum Gasteiger partial charge on any atom is -0.312 e. The normalized spacial score (nSPS) is 11.2. The SMILES string of the molecule is CC(C)CNCc1cnn(Cc2ccc(Cl)c(F)c2)c1. The summed E-state index contributed by atoms with van der Waals surface area (Å²) < 4.78 is 15.2. The highest BCUT2D eigenvalue weighted by atomic mass is 35.5. The molecule has 0 aliphatic rings. The van der Waals surface area contributed by atoms with Gasteiger partial charge in [0.15, 0.2) is 0 Å². The molecular weight excluding hydrogens is 277 g/mol. The second-order valence-corrected chi connectivity index (χ2v) is 5.73. The number of nitrogens with one attached hydrogen (secondary N) is 1. The highest BCUT2D eigenvalue weighted by molar-refractivity contribution is 6.30. The van der Waals surface area contributed by atoms with Crippen LogP contribution >= 0.6 is 11.6 Å². The van der Waals surface area contributed by atoms with Crippen molar-refractivity contribution >= 4 is 11.6 Å². The van der Waals surface area contributed by atoms with E-state index in [1.807, 2.05) is 18.5 Å². The summed E-state index contributed by atoms with van der Waals surface area (Å²) in [6.45, 7) is 6.66. The third-order valence-electron chi connectivity index (χ3n) is 2.90. The van der Waals surface area contributed by atoms with Gasteiger partial charge in [-0.3, -0.25) is 4.68 Å². The smallest absolute Gasteiger partial charge is 0.142 e. The van der Waals surface area contributed by atoms with Gasteiger partial charge >= 0.3 is 0 Å². The number of hydrogen-bond acceptors (Lipinski definition) is 2. The predicted molar refractivity (Wildman–Crippen MR) is 79.3 cm³/mol. The molecular formula is C15H19ClFN3. The molecule has 0 aliphatic carbocycles. The number of nitrogens with zero attached hydrogens (tertiary/aromatic N) is 2. The molecule has 0 unspecified atom stereocenters. The Labute approximate surface area is 123 Å². The Hall–Kier alpha value is -1.39. The average molecular weight is 296 g/mol. The first-order valence-electron chi connectivity index (χ1n) is 6.70.